The van der Waals surface area contributed by atoms with Crippen LogP contribution in [0.4, 0.5) is 4.79 Å². The van der Waals surface area contributed by atoms with Gasteiger partial charge in [-0.15, -0.1) is 0 Å². The lowest BCUT2D eigenvalue weighted by Gasteiger charge is -2.41. The number of carbonyl (C=O) groups is 4. The normalized spacial score (nSPS) is 14.6. The molecule has 0 unspecified atom stereocenters. The molecule has 1 rings (SSSR count). The minimum atomic E-state index is -0.985. The van der Waals surface area contributed by atoms with Crippen molar-refractivity contribution in [2.24, 2.45) is 11.8 Å². The molecule has 8 nitrogen and oxygen atoms in total. The molecule has 0 aliphatic carbocycles. The second kappa shape index (κ2) is 12.4. The Morgan fingerprint density at radius 3 is 1.83 bits per heavy atom. The fourth-order valence-electron chi connectivity index (χ4n) is 4.26. The minimum Gasteiger partial charge on any atom is -0.444 e. The van der Waals surface area contributed by atoms with Gasteiger partial charge >= 0.3 is 6.09 Å². The van der Waals surface area contributed by atoms with E-state index in [4.69, 9.17) is 4.74 Å². The van der Waals surface area contributed by atoms with Gasteiger partial charge in [0, 0.05) is 19.5 Å². The Labute approximate surface area is 216 Å². The van der Waals surface area contributed by atoms with Crippen LogP contribution in [-0.4, -0.2) is 71.8 Å². The van der Waals surface area contributed by atoms with Gasteiger partial charge in [-0.05, 0) is 38.2 Å². The molecule has 1 N–H and O–H groups in total. The second-order valence-electron chi connectivity index (χ2n) is 11.6. The first-order chi connectivity index (χ1) is 16.5. The van der Waals surface area contributed by atoms with Crippen LogP contribution in [0.3, 0.4) is 0 Å². The van der Waals surface area contributed by atoms with E-state index in [1.807, 2.05) is 71.9 Å². The third-order valence-corrected chi connectivity index (χ3v) is 6.37. The average Bonchev–Trinajstić information content (AvgIpc) is 2.76. The van der Waals surface area contributed by atoms with Gasteiger partial charge in [0.25, 0.3) is 0 Å². The van der Waals surface area contributed by atoms with Crippen LogP contribution < -0.4 is 5.32 Å². The predicted octanol–water partition coefficient (Wildman–Crippen LogP) is 4.02. The average molecular weight is 504 g/mol. The lowest BCUT2D eigenvalue weighted by atomic mass is 9.76. The highest BCUT2D eigenvalue weighted by Gasteiger charge is 2.44. The van der Waals surface area contributed by atoms with Crippen LogP contribution in [0.2, 0.25) is 0 Å². The first-order valence-corrected chi connectivity index (χ1v) is 12.5. The highest BCUT2D eigenvalue weighted by atomic mass is 16.6. The van der Waals surface area contributed by atoms with Gasteiger partial charge in [-0.2, -0.15) is 0 Å². The summed E-state index contributed by atoms with van der Waals surface area (Å²) in [6.45, 7) is 16.4. The van der Waals surface area contributed by atoms with E-state index in [1.54, 1.807) is 27.8 Å². The number of nitrogens with one attached hydrogen (secondary N) is 1. The topological polar surface area (TPSA) is 96.0 Å². The Hall–Kier alpha value is -2.90. The molecule has 3 amide bonds. The molecule has 0 aromatic heterocycles. The zero-order chi connectivity index (χ0) is 28.0. The smallest absolute Gasteiger partial charge is 0.410 e. The number of hydrogen-bond acceptors (Lipinski definition) is 5. The zero-order valence-corrected chi connectivity index (χ0v) is 23.8. The van der Waals surface area contributed by atoms with Crippen molar-refractivity contribution in [1.29, 1.82) is 0 Å². The number of rotatable bonds is 10. The molecule has 0 aliphatic rings. The summed E-state index contributed by atoms with van der Waals surface area (Å²) in [5.41, 5.74) is -0.717. The Morgan fingerprint density at radius 1 is 0.889 bits per heavy atom. The lowest BCUT2D eigenvalue weighted by molar-refractivity contribution is -0.142. The minimum absolute atomic E-state index is 0.0805. The van der Waals surface area contributed by atoms with Crippen LogP contribution in [-0.2, 0) is 24.5 Å². The molecule has 0 aliphatic heterocycles. The van der Waals surface area contributed by atoms with E-state index in [9.17, 15) is 19.2 Å². The van der Waals surface area contributed by atoms with Crippen molar-refractivity contribution in [2.45, 2.75) is 91.5 Å². The molecule has 3 atom stereocenters. The molecule has 1 aromatic rings. The Morgan fingerprint density at radius 2 is 1.42 bits per heavy atom. The van der Waals surface area contributed by atoms with Crippen molar-refractivity contribution in [3.05, 3.63) is 35.9 Å². The van der Waals surface area contributed by atoms with E-state index >= 15 is 0 Å². The number of aldehydes is 1. The number of benzene rings is 1. The van der Waals surface area contributed by atoms with Crippen molar-refractivity contribution >= 4 is 24.2 Å². The molecule has 0 heterocycles. The number of hydrogen-bond donors (Lipinski definition) is 1. The molecular weight excluding hydrogens is 458 g/mol. The standard InChI is InChI=1S/C28H45N3O5/c1-18(2)21(17-32)30(10)25(34)22(19(3)4)29-24(33)23(31(11)26(35)36-27(5,6)7)28(8,9)20-15-13-12-14-16-20/h12-19,21-23H,1-11H3,(H,29,33)/t21-,22+,23-/m1/s1. The summed E-state index contributed by atoms with van der Waals surface area (Å²) in [6.07, 6.45) is 0.108. The van der Waals surface area contributed by atoms with Crippen molar-refractivity contribution in [3.8, 4) is 0 Å². The maximum absolute atomic E-state index is 13.9. The zero-order valence-electron chi connectivity index (χ0n) is 23.8. The van der Waals surface area contributed by atoms with Crippen LogP contribution in [0, 0.1) is 11.8 Å². The monoisotopic (exact) mass is 503 g/mol. The Bertz CT molecular complexity index is 906. The van der Waals surface area contributed by atoms with Gasteiger partial charge < -0.3 is 19.7 Å². The molecule has 1 aromatic carbocycles. The quantitative estimate of drug-likeness (QED) is 0.487. The van der Waals surface area contributed by atoms with E-state index in [2.05, 4.69) is 5.32 Å². The maximum Gasteiger partial charge on any atom is 0.410 e. The molecule has 8 heteroatoms. The van der Waals surface area contributed by atoms with E-state index < -0.39 is 41.1 Å². The van der Waals surface area contributed by atoms with E-state index in [1.165, 1.54) is 16.8 Å². The van der Waals surface area contributed by atoms with Crippen molar-refractivity contribution < 1.29 is 23.9 Å². The van der Waals surface area contributed by atoms with Gasteiger partial charge in [-0.3, -0.25) is 14.5 Å². The summed E-state index contributed by atoms with van der Waals surface area (Å²) in [5.74, 6) is -1.18. The first-order valence-electron chi connectivity index (χ1n) is 12.5. The van der Waals surface area contributed by atoms with Crippen LogP contribution in [0.25, 0.3) is 0 Å². The number of ether oxygens (including phenoxy) is 1. The fraction of sp³-hybridized carbons (Fsp3) is 0.643. The summed E-state index contributed by atoms with van der Waals surface area (Å²) in [4.78, 5) is 54.7. The van der Waals surface area contributed by atoms with Crippen LogP contribution in [0.1, 0.15) is 67.9 Å². The predicted molar refractivity (Wildman–Crippen MR) is 141 cm³/mol. The van der Waals surface area contributed by atoms with Gasteiger partial charge in [-0.1, -0.05) is 71.9 Å². The largest absolute Gasteiger partial charge is 0.444 e. The summed E-state index contributed by atoms with van der Waals surface area (Å²) in [7, 11) is 3.10. The first kappa shape index (κ1) is 31.1. The van der Waals surface area contributed by atoms with Crippen LogP contribution >= 0.6 is 0 Å². The molecule has 202 valence electrons. The Kier molecular flexibility index (Phi) is 10.7. The van der Waals surface area contributed by atoms with Gasteiger partial charge in [0.15, 0.2) is 0 Å². The second-order valence-corrected chi connectivity index (χ2v) is 11.6. The van der Waals surface area contributed by atoms with E-state index in [0.717, 1.165) is 11.8 Å². The van der Waals surface area contributed by atoms with Gasteiger partial charge in [0.1, 0.15) is 24.0 Å². The van der Waals surface area contributed by atoms with Crippen LogP contribution in [0.15, 0.2) is 30.3 Å². The molecule has 0 radical (unpaired) electrons. The third kappa shape index (κ3) is 7.80. The van der Waals surface area contributed by atoms with Crippen molar-refractivity contribution in [3.63, 3.8) is 0 Å². The maximum atomic E-state index is 13.9. The number of likely N-dealkylation sites (N-methyl/N-ethyl adjacent to an activating group) is 2. The Balaban J connectivity index is 3.44. The molecule has 0 fully saturated rings. The lowest BCUT2D eigenvalue weighted by Crippen LogP contribution is -2.62. The van der Waals surface area contributed by atoms with Crippen molar-refractivity contribution in [1.82, 2.24) is 15.1 Å². The SMILES string of the molecule is CC(C)[C@H](NC(=O)[C@@H](N(C)C(=O)OC(C)(C)C)C(C)(C)c1ccccc1)C(=O)N(C)[C@H](C=O)C(C)C. The molecule has 0 bridgehead atoms. The summed E-state index contributed by atoms with van der Waals surface area (Å²) < 4.78 is 5.57. The number of amides is 3. The summed E-state index contributed by atoms with van der Waals surface area (Å²) in [6, 6.07) is 6.95. The summed E-state index contributed by atoms with van der Waals surface area (Å²) >= 11 is 0. The molecule has 0 spiro atoms. The fourth-order valence-corrected chi connectivity index (χ4v) is 4.26. The van der Waals surface area contributed by atoms with Gasteiger partial charge in [0.2, 0.25) is 11.8 Å². The van der Waals surface area contributed by atoms with E-state index in [0.29, 0.717) is 0 Å². The van der Waals surface area contributed by atoms with Crippen LogP contribution in [0.5, 0.6) is 0 Å². The third-order valence-electron chi connectivity index (χ3n) is 6.37. The van der Waals surface area contributed by atoms with Gasteiger partial charge in [-0.25, -0.2) is 4.79 Å². The van der Waals surface area contributed by atoms with E-state index in [-0.39, 0.29) is 17.7 Å². The molecular formula is C28H45N3O5. The number of nitrogens with zero attached hydrogens (tertiary/aromatic N) is 2. The van der Waals surface area contributed by atoms with Crippen molar-refractivity contribution in [2.75, 3.05) is 14.1 Å². The number of carbonyl (C=O) groups excluding carboxylic acids is 4. The highest BCUT2D eigenvalue weighted by molar-refractivity contribution is 5.93. The highest BCUT2D eigenvalue weighted by Crippen LogP contribution is 2.31. The molecule has 36 heavy (non-hydrogen) atoms. The molecule has 0 saturated heterocycles. The van der Waals surface area contributed by atoms with Gasteiger partial charge in [0.05, 0.1) is 6.04 Å². The molecule has 0 saturated carbocycles. The summed E-state index contributed by atoms with van der Waals surface area (Å²) in [5, 5.41) is 2.89.